The molecule has 0 spiro atoms. The van der Waals surface area contributed by atoms with Crippen molar-refractivity contribution in [2.24, 2.45) is 0 Å². The van der Waals surface area contributed by atoms with Gasteiger partial charge in [0.15, 0.2) is 0 Å². The smallest absolute Gasteiger partial charge is 0.123 e. The Morgan fingerprint density at radius 1 is 1.40 bits per heavy atom. The summed E-state index contributed by atoms with van der Waals surface area (Å²) in [4.78, 5) is 0. The summed E-state index contributed by atoms with van der Waals surface area (Å²) in [7, 11) is 0. The van der Waals surface area contributed by atoms with E-state index in [9.17, 15) is 0 Å². The third kappa shape index (κ3) is 3.84. The van der Waals surface area contributed by atoms with E-state index in [0.717, 1.165) is 23.3 Å². The minimum atomic E-state index is 0.625. The second-order valence-corrected chi connectivity index (χ2v) is 5.94. The fraction of sp³-hybridized carbons (Fsp3) is 0.400. The van der Waals surface area contributed by atoms with Gasteiger partial charge in [-0.15, -0.1) is 0 Å². The maximum absolute atomic E-state index is 5.90. The first-order valence-corrected chi connectivity index (χ1v) is 7.72. The lowest BCUT2D eigenvalue weighted by Gasteiger charge is -2.12. The van der Waals surface area contributed by atoms with Crippen LogP contribution < -0.4 is 10.1 Å². The zero-order valence-corrected chi connectivity index (χ0v) is 12.8. The molecule has 1 aliphatic rings. The van der Waals surface area contributed by atoms with Crippen LogP contribution in [-0.2, 0) is 13.1 Å². The van der Waals surface area contributed by atoms with Crippen LogP contribution in [-0.4, -0.2) is 22.4 Å². The Labute approximate surface area is 127 Å². The average Bonchev–Trinajstić information content (AvgIpc) is 3.13. The molecule has 4 nitrogen and oxygen atoms in total. The Hall–Kier alpha value is -1.33. The quantitative estimate of drug-likeness (QED) is 0.845. The molecule has 3 rings (SSSR count). The zero-order chi connectivity index (χ0) is 13.8. The molecule has 1 saturated carbocycles. The van der Waals surface area contributed by atoms with Gasteiger partial charge in [0, 0.05) is 35.0 Å². The zero-order valence-electron chi connectivity index (χ0n) is 11.3. The summed E-state index contributed by atoms with van der Waals surface area (Å²) in [5.74, 6) is 0.952. The van der Waals surface area contributed by atoms with Crippen molar-refractivity contribution in [3.8, 4) is 5.75 Å². The third-order valence-electron chi connectivity index (χ3n) is 3.32. The Morgan fingerprint density at radius 3 is 3.05 bits per heavy atom. The molecule has 1 N–H and O–H groups in total. The summed E-state index contributed by atoms with van der Waals surface area (Å²) in [6.07, 6.45) is 6.32. The minimum absolute atomic E-state index is 0.625. The molecule has 1 heterocycles. The van der Waals surface area contributed by atoms with Crippen molar-refractivity contribution in [2.75, 3.05) is 6.61 Å². The molecule has 106 valence electrons. The molecule has 2 aromatic rings. The van der Waals surface area contributed by atoms with Gasteiger partial charge in [0.05, 0.1) is 6.54 Å². The first-order chi connectivity index (χ1) is 9.81. The van der Waals surface area contributed by atoms with Gasteiger partial charge in [-0.3, -0.25) is 4.68 Å². The first kappa shape index (κ1) is 13.6. The molecule has 0 bridgehead atoms. The fourth-order valence-corrected chi connectivity index (χ4v) is 2.46. The van der Waals surface area contributed by atoms with Crippen LogP contribution >= 0.6 is 15.9 Å². The Kier molecular flexibility index (Phi) is 4.38. The molecule has 0 radical (unpaired) electrons. The molecule has 1 aromatic carbocycles. The standard InChI is InChI=1S/C15H18BrN3O/c16-13-2-5-15(12(10-13)11-17-14-3-4-14)20-9-8-19-7-1-6-18-19/h1-2,5-7,10,14,17H,3-4,8-9,11H2. The van der Waals surface area contributed by atoms with E-state index in [-0.39, 0.29) is 0 Å². The van der Waals surface area contributed by atoms with E-state index in [4.69, 9.17) is 4.74 Å². The molecule has 0 saturated heterocycles. The normalized spacial score (nSPS) is 14.4. The molecule has 0 amide bonds. The first-order valence-electron chi connectivity index (χ1n) is 6.93. The lowest BCUT2D eigenvalue weighted by atomic mass is 10.2. The van der Waals surface area contributed by atoms with Crippen LogP contribution in [0.15, 0.2) is 41.1 Å². The number of aromatic nitrogens is 2. The van der Waals surface area contributed by atoms with Gasteiger partial charge in [-0.2, -0.15) is 5.10 Å². The van der Waals surface area contributed by atoms with Gasteiger partial charge < -0.3 is 10.1 Å². The van der Waals surface area contributed by atoms with Crippen LogP contribution in [0.4, 0.5) is 0 Å². The molecule has 5 heteroatoms. The minimum Gasteiger partial charge on any atom is -0.491 e. The lowest BCUT2D eigenvalue weighted by molar-refractivity contribution is 0.288. The summed E-state index contributed by atoms with van der Waals surface area (Å²) >= 11 is 3.52. The maximum Gasteiger partial charge on any atom is 0.123 e. The van der Waals surface area contributed by atoms with Crippen molar-refractivity contribution in [2.45, 2.75) is 32.0 Å². The highest BCUT2D eigenvalue weighted by atomic mass is 79.9. The van der Waals surface area contributed by atoms with Gasteiger partial charge in [0.25, 0.3) is 0 Å². The lowest BCUT2D eigenvalue weighted by Crippen LogP contribution is -2.16. The number of ether oxygens (including phenoxy) is 1. The van der Waals surface area contributed by atoms with Crippen LogP contribution in [0, 0.1) is 0 Å². The summed E-state index contributed by atoms with van der Waals surface area (Å²) in [6.45, 7) is 2.25. The van der Waals surface area contributed by atoms with E-state index >= 15 is 0 Å². The molecule has 0 aliphatic heterocycles. The summed E-state index contributed by atoms with van der Waals surface area (Å²) in [5.41, 5.74) is 1.20. The van der Waals surface area contributed by atoms with Crippen LogP contribution in [0.5, 0.6) is 5.75 Å². The highest BCUT2D eigenvalue weighted by Crippen LogP contribution is 2.25. The van der Waals surface area contributed by atoms with E-state index in [0.29, 0.717) is 12.6 Å². The van der Waals surface area contributed by atoms with E-state index in [1.165, 1.54) is 18.4 Å². The molecule has 1 fully saturated rings. The van der Waals surface area contributed by atoms with E-state index in [1.807, 2.05) is 29.1 Å². The monoisotopic (exact) mass is 335 g/mol. The largest absolute Gasteiger partial charge is 0.491 e. The second-order valence-electron chi connectivity index (χ2n) is 5.02. The second kappa shape index (κ2) is 6.41. The Bertz CT molecular complexity index is 552. The molecular weight excluding hydrogens is 318 g/mol. The SMILES string of the molecule is Brc1ccc(OCCn2cccn2)c(CNC2CC2)c1. The van der Waals surface area contributed by atoms with Gasteiger partial charge >= 0.3 is 0 Å². The van der Waals surface area contributed by atoms with Gasteiger partial charge in [-0.05, 0) is 37.1 Å². The van der Waals surface area contributed by atoms with Crippen molar-refractivity contribution in [3.63, 3.8) is 0 Å². The summed E-state index contributed by atoms with van der Waals surface area (Å²) in [5, 5.41) is 7.69. The maximum atomic E-state index is 5.90. The van der Waals surface area contributed by atoms with Crippen molar-refractivity contribution in [1.82, 2.24) is 15.1 Å². The van der Waals surface area contributed by atoms with E-state index in [1.54, 1.807) is 6.20 Å². The van der Waals surface area contributed by atoms with Crippen LogP contribution in [0.2, 0.25) is 0 Å². The summed E-state index contributed by atoms with van der Waals surface area (Å²) < 4.78 is 8.86. The Balaban J connectivity index is 1.58. The van der Waals surface area contributed by atoms with Gasteiger partial charge in [0.1, 0.15) is 12.4 Å². The molecule has 1 aromatic heterocycles. The number of halogens is 1. The van der Waals surface area contributed by atoms with Crippen LogP contribution in [0.25, 0.3) is 0 Å². The third-order valence-corrected chi connectivity index (χ3v) is 3.81. The molecule has 0 unspecified atom stereocenters. The molecule has 1 aliphatic carbocycles. The highest BCUT2D eigenvalue weighted by molar-refractivity contribution is 9.10. The Morgan fingerprint density at radius 2 is 2.30 bits per heavy atom. The predicted octanol–water partition coefficient (Wildman–Crippen LogP) is 2.98. The number of rotatable bonds is 7. The van der Waals surface area contributed by atoms with Gasteiger partial charge in [-0.25, -0.2) is 0 Å². The summed E-state index contributed by atoms with van der Waals surface area (Å²) in [6, 6.07) is 8.79. The van der Waals surface area contributed by atoms with Crippen molar-refractivity contribution < 1.29 is 4.74 Å². The number of benzene rings is 1. The highest BCUT2D eigenvalue weighted by Gasteiger charge is 2.20. The van der Waals surface area contributed by atoms with Crippen molar-refractivity contribution in [3.05, 3.63) is 46.7 Å². The van der Waals surface area contributed by atoms with E-state index in [2.05, 4.69) is 32.4 Å². The van der Waals surface area contributed by atoms with E-state index < -0.39 is 0 Å². The number of hydrogen-bond acceptors (Lipinski definition) is 3. The van der Waals surface area contributed by atoms with Gasteiger partial charge in [0.2, 0.25) is 0 Å². The van der Waals surface area contributed by atoms with Crippen molar-refractivity contribution >= 4 is 15.9 Å². The van der Waals surface area contributed by atoms with Crippen molar-refractivity contribution in [1.29, 1.82) is 0 Å². The topological polar surface area (TPSA) is 39.1 Å². The molecular formula is C15H18BrN3O. The number of hydrogen-bond donors (Lipinski definition) is 1. The fourth-order valence-electron chi connectivity index (χ4n) is 2.05. The average molecular weight is 336 g/mol. The van der Waals surface area contributed by atoms with Crippen LogP contribution in [0.3, 0.4) is 0 Å². The number of nitrogens with one attached hydrogen (secondary N) is 1. The predicted molar refractivity (Wildman–Crippen MR) is 81.7 cm³/mol. The molecule has 20 heavy (non-hydrogen) atoms. The van der Waals surface area contributed by atoms with Crippen LogP contribution in [0.1, 0.15) is 18.4 Å². The van der Waals surface area contributed by atoms with Gasteiger partial charge in [-0.1, -0.05) is 15.9 Å². The number of nitrogens with zero attached hydrogens (tertiary/aromatic N) is 2. The molecule has 0 atom stereocenters.